The summed E-state index contributed by atoms with van der Waals surface area (Å²) < 4.78 is 0. The maximum absolute atomic E-state index is 5.71. The molecule has 2 aliphatic rings. The van der Waals surface area contributed by atoms with Crippen molar-refractivity contribution in [1.29, 1.82) is 0 Å². The van der Waals surface area contributed by atoms with Gasteiger partial charge in [-0.2, -0.15) is 11.8 Å². The number of rotatable bonds is 4. The molecule has 1 saturated carbocycles. The molecule has 2 rings (SSSR count). The predicted molar refractivity (Wildman–Crippen MR) is 66.8 cm³/mol. The first-order chi connectivity index (χ1) is 7.31. The summed E-state index contributed by atoms with van der Waals surface area (Å²) in [5, 5.41) is 0. The van der Waals surface area contributed by atoms with Crippen molar-refractivity contribution in [3.8, 4) is 0 Å². The van der Waals surface area contributed by atoms with E-state index in [0.717, 1.165) is 5.92 Å². The van der Waals surface area contributed by atoms with Crippen molar-refractivity contribution in [2.75, 3.05) is 25.1 Å². The van der Waals surface area contributed by atoms with E-state index in [-0.39, 0.29) is 0 Å². The summed E-state index contributed by atoms with van der Waals surface area (Å²) in [6, 6.07) is 1.13. The highest BCUT2D eigenvalue weighted by atomic mass is 32.2. The van der Waals surface area contributed by atoms with E-state index in [2.05, 4.69) is 29.1 Å². The zero-order valence-corrected chi connectivity index (χ0v) is 10.4. The molecule has 3 N–H and O–H groups in total. The van der Waals surface area contributed by atoms with Crippen molar-refractivity contribution in [1.82, 2.24) is 10.3 Å². The molecule has 0 amide bonds. The van der Waals surface area contributed by atoms with E-state index >= 15 is 0 Å². The second-order valence-electron chi connectivity index (χ2n) is 4.93. The highest BCUT2D eigenvalue weighted by Gasteiger charge is 2.30. The summed E-state index contributed by atoms with van der Waals surface area (Å²) in [5.41, 5.74) is 3.05. The Morgan fingerprint density at radius 3 is 2.87 bits per heavy atom. The van der Waals surface area contributed by atoms with Crippen molar-refractivity contribution < 1.29 is 0 Å². The van der Waals surface area contributed by atoms with E-state index in [9.17, 15) is 0 Å². The second-order valence-corrected chi connectivity index (χ2v) is 6.08. The number of hydrogen-bond donors (Lipinski definition) is 2. The Balaban J connectivity index is 1.85. The summed E-state index contributed by atoms with van der Waals surface area (Å²) in [6.07, 6.45) is 5.53. The molecule has 1 heterocycles. The lowest BCUT2D eigenvalue weighted by Crippen LogP contribution is -2.55. The minimum atomic E-state index is 0.494. The minimum Gasteiger partial charge on any atom is -0.300 e. The van der Waals surface area contributed by atoms with Crippen LogP contribution in [0.3, 0.4) is 0 Å². The predicted octanol–water partition coefficient (Wildman–Crippen LogP) is 1.06. The van der Waals surface area contributed by atoms with Crippen LogP contribution in [0, 0.1) is 5.92 Å². The van der Waals surface area contributed by atoms with Gasteiger partial charge in [-0.15, -0.1) is 0 Å². The number of hydrogen-bond acceptors (Lipinski definition) is 4. The first kappa shape index (κ1) is 11.7. The van der Waals surface area contributed by atoms with Crippen molar-refractivity contribution >= 4 is 11.8 Å². The van der Waals surface area contributed by atoms with Gasteiger partial charge in [-0.3, -0.25) is 11.3 Å². The molecule has 0 aromatic rings. The molecule has 0 spiro atoms. The van der Waals surface area contributed by atoms with Crippen LogP contribution in [-0.4, -0.2) is 42.1 Å². The smallest absolute Gasteiger partial charge is 0.0376 e. The zero-order chi connectivity index (χ0) is 10.7. The van der Waals surface area contributed by atoms with Crippen molar-refractivity contribution in [2.45, 2.75) is 37.8 Å². The molecule has 0 bridgehead atoms. The molecule has 4 heteroatoms. The van der Waals surface area contributed by atoms with E-state index in [0.29, 0.717) is 12.1 Å². The molecule has 1 saturated heterocycles. The van der Waals surface area contributed by atoms with Crippen LogP contribution in [-0.2, 0) is 0 Å². The molecule has 1 aliphatic heterocycles. The van der Waals surface area contributed by atoms with E-state index in [1.54, 1.807) is 0 Å². The van der Waals surface area contributed by atoms with Crippen LogP contribution < -0.4 is 11.3 Å². The van der Waals surface area contributed by atoms with E-state index in [1.807, 2.05) is 0 Å². The van der Waals surface area contributed by atoms with Crippen LogP contribution in [0.2, 0.25) is 0 Å². The molecule has 3 nitrogen and oxygen atoms in total. The van der Waals surface area contributed by atoms with Crippen LogP contribution in [0.5, 0.6) is 0 Å². The van der Waals surface area contributed by atoms with Gasteiger partial charge in [0.25, 0.3) is 0 Å². The fourth-order valence-corrected chi connectivity index (χ4v) is 3.86. The van der Waals surface area contributed by atoms with Gasteiger partial charge in [0, 0.05) is 30.1 Å². The number of nitrogens with two attached hydrogens (primary N) is 1. The average molecular weight is 229 g/mol. The second kappa shape index (κ2) is 5.53. The lowest BCUT2D eigenvalue weighted by atomic mass is 9.79. The summed E-state index contributed by atoms with van der Waals surface area (Å²) in [7, 11) is 2.23. The van der Waals surface area contributed by atoms with Gasteiger partial charge >= 0.3 is 0 Å². The number of nitrogens with one attached hydrogen (secondary N) is 1. The number of likely N-dealkylation sites (N-methyl/N-ethyl adjacent to an activating group) is 1. The largest absolute Gasteiger partial charge is 0.300 e. The molecule has 0 radical (unpaired) electrons. The zero-order valence-electron chi connectivity index (χ0n) is 9.61. The van der Waals surface area contributed by atoms with E-state index < -0.39 is 0 Å². The fourth-order valence-electron chi connectivity index (χ4n) is 2.55. The monoisotopic (exact) mass is 229 g/mol. The molecule has 0 aromatic heterocycles. The molecule has 15 heavy (non-hydrogen) atoms. The summed E-state index contributed by atoms with van der Waals surface area (Å²) in [6.45, 7) is 1.21. The standard InChI is InChI=1S/C11H23N3S/c1-14-5-6-15-8-11(14)10(13-12)7-9-3-2-4-9/h9-11,13H,2-8,12H2,1H3. The summed E-state index contributed by atoms with van der Waals surface area (Å²) in [4.78, 5) is 2.47. The van der Waals surface area contributed by atoms with Gasteiger partial charge < -0.3 is 4.90 Å². The quantitative estimate of drug-likeness (QED) is 0.559. The third-order valence-corrected chi connectivity index (χ3v) is 4.98. The van der Waals surface area contributed by atoms with Crippen LogP contribution in [0.1, 0.15) is 25.7 Å². The Bertz CT molecular complexity index is 196. The van der Waals surface area contributed by atoms with E-state index in [4.69, 9.17) is 5.84 Å². The third-order valence-electron chi connectivity index (χ3n) is 3.93. The minimum absolute atomic E-state index is 0.494. The van der Waals surface area contributed by atoms with Crippen LogP contribution in [0.15, 0.2) is 0 Å². The van der Waals surface area contributed by atoms with Crippen molar-refractivity contribution in [2.24, 2.45) is 11.8 Å². The number of nitrogens with zero attached hydrogens (tertiary/aromatic N) is 1. The van der Waals surface area contributed by atoms with Gasteiger partial charge in [0.2, 0.25) is 0 Å². The van der Waals surface area contributed by atoms with Gasteiger partial charge in [0.05, 0.1) is 0 Å². The molecular formula is C11H23N3S. The topological polar surface area (TPSA) is 41.3 Å². The summed E-state index contributed by atoms with van der Waals surface area (Å²) in [5.74, 6) is 9.15. The number of thioether (sulfide) groups is 1. The van der Waals surface area contributed by atoms with Gasteiger partial charge in [-0.25, -0.2) is 0 Å². The molecule has 1 aliphatic carbocycles. The maximum atomic E-state index is 5.71. The Morgan fingerprint density at radius 1 is 1.53 bits per heavy atom. The number of hydrazine groups is 1. The average Bonchev–Trinajstić information content (AvgIpc) is 2.19. The normalized spacial score (nSPS) is 31.2. The molecule has 88 valence electrons. The maximum Gasteiger partial charge on any atom is 0.0376 e. The third kappa shape index (κ3) is 2.87. The van der Waals surface area contributed by atoms with Crippen molar-refractivity contribution in [3.63, 3.8) is 0 Å². The lowest BCUT2D eigenvalue weighted by molar-refractivity contribution is 0.170. The first-order valence-corrected chi connectivity index (χ1v) is 7.21. The van der Waals surface area contributed by atoms with Crippen LogP contribution in [0.25, 0.3) is 0 Å². The van der Waals surface area contributed by atoms with Crippen LogP contribution >= 0.6 is 11.8 Å². The van der Waals surface area contributed by atoms with Gasteiger partial charge in [-0.05, 0) is 19.4 Å². The Labute approximate surface area is 97.1 Å². The Morgan fingerprint density at radius 2 is 2.33 bits per heavy atom. The van der Waals surface area contributed by atoms with E-state index in [1.165, 1.54) is 43.7 Å². The highest BCUT2D eigenvalue weighted by Crippen LogP contribution is 2.32. The van der Waals surface area contributed by atoms with Gasteiger partial charge in [0.15, 0.2) is 0 Å². The lowest BCUT2D eigenvalue weighted by Gasteiger charge is -2.40. The van der Waals surface area contributed by atoms with Crippen LogP contribution in [0.4, 0.5) is 0 Å². The summed E-state index contributed by atoms with van der Waals surface area (Å²) >= 11 is 2.07. The Hall–Kier alpha value is 0.230. The first-order valence-electron chi connectivity index (χ1n) is 6.05. The van der Waals surface area contributed by atoms with Crippen molar-refractivity contribution in [3.05, 3.63) is 0 Å². The Kier molecular flexibility index (Phi) is 4.31. The molecule has 0 aromatic carbocycles. The molecular weight excluding hydrogens is 206 g/mol. The fraction of sp³-hybridized carbons (Fsp3) is 1.00. The van der Waals surface area contributed by atoms with Gasteiger partial charge in [-0.1, -0.05) is 19.3 Å². The molecule has 2 atom stereocenters. The highest BCUT2D eigenvalue weighted by molar-refractivity contribution is 7.99. The SMILES string of the molecule is CN1CCSCC1C(CC1CCC1)NN. The molecule has 2 unspecified atom stereocenters. The van der Waals surface area contributed by atoms with Gasteiger partial charge in [0.1, 0.15) is 0 Å². The molecule has 2 fully saturated rings.